The molecule has 0 amide bonds. The lowest BCUT2D eigenvalue weighted by molar-refractivity contribution is 1.54. The van der Waals surface area contributed by atoms with Crippen LogP contribution in [0.1, 0.15) is 11.1 Å². The average molecular weight is 637 g/mol. The van der Waals surface area contributed by atoms with Gasteiger partial charge in [0.2, 0.25) is 0 Å². The highest BCUT2D eigenvalue weighted by Gasteiger charge is 2.23. The Labute approximate surface area is 274 Å². The molecule has 212 valence electrons. The number of thiophene rings is 4. The van der Waals surface area contributed by atoms with Crippen LogP contribution in [0.3, 0.4) is 0 Å². The zero-order chi connectivity index (χ0) is 29.6. The summed E-state index contributed by atoms with van der Waals surface area (Å²) in [7, 11) is 0. The lowest BCUT2D eigenvalue weighted by atomic mass is 10.0. The van der Waals surface area contributed by atoms with E-state index in [4.69, 9.17) is 0 Å². The Balaban J connectivity index is 1.19. The molecule has 0 unspecified atom stereocenters. The first-order valence-corrected chi connectivity index (χ1v) is 17.9. The van der Waals surface area contributed by atoms with E-state index in [-0.39, 0.29) is 0 Å². The molecule has 0 saturated carbocycles. The molecule has 4 aromatic heterocycles. The highest BCUT2D eigenvalue weighted by molar-refractivity contribution is 7.26. The third kappa shape index (κ3) is 4.98. The van der Waals surface area contributed by atoms with Crippen LogP contribution in [0.5, 0.6) is 0 Å². The Morgan fingerprint density at radius 1 is 0.318 bits per heavy atom. The van der Waals surface area contributed by atoms with Gasteiger partial charge in [-0.05, 0) is 89.7 Å². The second-order valence-electron chi connectivity index (χ2n) is 11.0. The first-order chi connectivity index (χ1) is 21.6. The number of rotatable bonds is 6. The van der Waals surface area contributed by atoms with Crippen molar-refractivity contribution in [2.75, 3.05) is 0 Å². The molecule has 2 aliphatic carbocycles. The molecule has 6 aromatic rings. The molecule has 0 atom stereocenters. The number of benzene rings is 2. The maximum Gasteiger partial charge on any atom is 0.0452 e. The Morgan fingerprint density at radius 3 is 1.14 bits per heavy atom. The lowest BCUT2D eigenvalue weighted by Crippen LogP contribution is -1.76. The monoisotopic (exact) mass is 636 g/mol. The van der Waals surface area contributed by atoms with Crippen molar-refractivity contribution < 1.29 is 0 Å². The standard InChI is InChI=1S/C40H28S4/c1-25-22-37(35-20-18-33(41-35)27-12-6-3-7-13-27)43-39(25)31-24-32(30-17-11-5-10-16-29(30)31)40-26(2)23-38(44-40)36-21-19-34(42-36)28-14-8-4-9-15-28/h3-24H,1-2H3. The van der Waals surface area contributed by atoms with Gasteiger partial charge in [-0.2, -0.15) is 0 Å². The Morgan fingerprint density at radius 2 is 0.705 bits per heavy atom. The van der Waals surface area contributed by atoms with Crippen molar-refractivity contribution in [1.82, 2.24) is 0 Å². The summed E-state index contributed by atoms with van der Waals surface area (Å²) in [4.78, 5) is 10.7. The molecule has 0 bridgehead atoms. The van der Waals surface area contributed by atoms with E-state index in [9.17, 15) is 0 Å². The highest BCUT2D eigenvalue weighted by atomic mass is 32.1. The molecule has 0 saturated heterocycles. The van der Waals surface area contributed by atoms with Crippen LogP contribution in [0.2, 0.25) is 0 Å². The lowest BCUT2D eigenvalue weighted by Gasteiger charge is -2.02. The maximum atomic E-state index is 2.45. The SMILES string of the molecule is Cc1cc(-c2ccc(-c3ccccc3)s2)sc1-c1cc(-c2sc(-c3ccc(-c4ccccc4)s3)cc2C)c2cccccc1-2. The molecular weight excluding hydrogens is 609 g/mol. The Hall–Kier alpha value is -4.06. The van der Waals surface area contributed by atoms with Gasteiger partial charge in [0.15, 0.2) is 0 Å². The molecule has 4 heteroatoms. The third-order valence-electron chi connectivity index (χ3n) is 8.05. The van der Waals surface area contributed by atoms with Crippen molar-refractivity contribution in [3.63, 3.8) is 0 Å². The van der Waals surface area contributed by atoms with Crippen molar-refractivity contribution >= 4 is 45.3 Å². The number of fused-ring (bicyclic) bond motifs is 1. The minimum atomic E-state index is 1.28. The molecule has 2 aliphatic rings. The van der Waals surface area contributed by atoms with Crippen molar-refractivity contribution in [2.45, 2.75) is 13.8 Å². The molecular formula is C40H28S4. The molecule has 0 radical (unpaired) electrons. The van der Waals surface area contributed by atoms with E-state index < -0.39 is 0 Å². The van der Waals surface area contributed by atoms with Gasteiger partial charge in [-0.3, -0.25) is 0 Å². The van der Waals surface area contributed by atoms with Crippen LogP contribution in [-0.2, 0) is 0 Å². The van der Waals surface area contributed by atoms with Gasteiger partial charge >= 0.3 is 0 Å². The number of aryl methyl sites for hydroxylation is 2. The molecule has 44 heavy (non-hydrogen) atoms. The van der Waals surface area contributed by atoms with Gasteiger partial charge in [0.1, 0.15) is 0 Å². The topological polar surface area (TPSA) is 0 Å². The average Bonchev–Trinajstić information content (AvgIpc) is 3.88. The fourth-order valence-corrected chi connectivity index (χ4v) is 10.5. The van der Waals surface area contributed by atoms with E-state index in [0.717, 1.165) is 0 Å². The molecule has 8 rings (SSSR count). The minimum Gasteiger partial charge on any atom is -0.134 e. The zero-order valence-corrected chi connectivity index (χ0v) is 27.6. The first-order valence-electron chi connectivity index (χ1n) is 14.7. The van der Waals surface area contributed by atoms with Crippen molar-refractivity contribution in [3.05, 3.63) is 145 Å². The van der Waals surface area contributed by atoms with Crippen LogP contribution in [0.15, 0.2) is 133 Å². The summed E-state index contributed by atoms with van der Waals surface area (Å²) in [5.74, 6) is 0. The van der Waals surface area contributed by atoms with Crippen LogP contribution < -0.4 is 0 Å². The van der Waals surface area contributed by atoms with Gasteiger partial charge in [-0.15, -0.1) is 45.3 Å². The van der Waals surface area contributed by atoms with Crippen LogP contribution in [-0.4, -0.2) is 0 Å². The second kappa shape index (κ2) is 11.5. The smallest absolute Gasteiger partial charge is 0.0452 e. The van der Waals surface area contributed by atoms with Gasteiger partial charge in [0.25, 0.3) is 0 Å². The van der Waals surface area contributed by atoms with Gasteiger partial charge in [0, 0.05) is 50.1 Å². The summed E-state index contributed by atoms with van der Waals surface area (Å²) < 4.78 is 0. The van der Waals surface area contributed by atoms with Crippen LogP contribution >= 0.6 is 45.3 Å². The fraction of sp³-hybridized carbons (Fsp3) is 0.0500. The van der Waals surface area contributed by atoms with Gasteiger partial charge in [0.05, 0.1) is 0 Å². The van der Waals surface area contributed by atoms with Gasteiger partial charge in [-0.1, -0.05) is 91.0 Å². The van der Waals surface area contributed by atoms with Crippen LogP contribution in [0.4, 0.5) is 0 Å². The van der Waals surface area contributed by atoms with Crippen molar-refractivity contribution in [3.8, 4) is 72.4 Å². The van der Waals surface area contributed by atoms with E-state index in [0.29, 0.717) is 0 Å². The van der Waals surface area contributed by atoms with E-state index in [2.05, 4.69) is 147 Å². The summed E-state index contributed by atoms with van der Waals surface area (Å²) in [6.45, 7) is 4.52. The molecule has 4 heterocycles. The quantitative estimate of drug-likeness (QED) is 0.170. The number of hydrogen-bond acceptors (Lipinski definition) is 4. The maximum absolute atomic E-state index is 2.45. The molecule has 0 fully saturated rings. The number of hydrogen-bond donors (Lipinski definition) is 0. The normalized spacial score (nSPS) is 11.4. The summed E-state index contributed by atoms with van der Waals surface area (Å²) in [6.07, 6.45) is 0. The summed E-state index contributed by atoms with van der Waals surface area (Å²) >= 11 is 7.59. The van der Waals surface area contributed by atoms with E-state index in [1.807, 2.05) is 45.3 Å². The molecule has 0 spiro atoms. The summed E-state index contributed by atoms with van der Waals surface area (Å²) in [5, 5.41) is 0. The zero-order valence-electron chi connectivity index (χ0n) is 24.3. The molecule has 0 aliphatic heterocycles. The first kappa shape index (κ1) is 27.5. The second-order valence-corrected chi connectivity index (χ2v) is 15.3. The predicted octanol–water partition coefficient (Wildman–Crippen LogP) is 13.7. The summed E-state index contributed by atoms with van der Waals surface area (Å²) in [6, 6.07) is 48.7. The van der Waals surface area contributed by atoms with E-state index in [1.54, 1.807) is 0 Å². The molecule has 2 aromatic carbocycles. The van der Waals surface area contributed by atoms with Crippen molar-refractivity contribution in [1.29, 1.82) is 0 Å². The Kier molecular flexibility index (Phi) is 7.16. The fourth-order valence-electron chi connectivity index (χ4n) is 5.89. The molecule has 0 nitrogen and oxygen atoms in total. The molecule has 0 N–H and O–H groups in total. The highest BCUT2D eigenvalue weighted by Crippen LogP contribution is 2.51. The Bertz CT molecular complexity index is 2030. The van der Waals surface area contributed by atoms with Crippen LogP contribution in [0.25, 0.3) is 72.4 Å². The van der Waals surface area contributed by atoms with Gasteiger partial charge < -0.3 is 0 Å². The van der Waals surface area contributed by atoms with E-state index >= 15 is 0 Å². The largest absolute Gasteiger partial charge is 0.134 e. The van der Waals surface area contributed by atoms with Crippen molar-refractivity contribution in [2.24, 2.45) is 0 Å². The van der Waals surface area contributed by atoms with Gasteiger partial charge in [-0.25, -0.2) is 0 Å². The summed E-state index contributed by atoms with van der Waals surface area (Å²) in [5.41, 5.74) is 10.5. The predicted molar refractivity (Wildman–Crippen MR) is 197 cm³/mol. The van der Waals surface area contributed by atoms with Crippen LogP contribution in [0, 0.1) is 13.8 Å². The third-order valence-corrected chi connectivity index (χ3v) is 13.2. The minimum absolute atomic E-state index is 1.28. The van der Waals surface area contributed by atoms with E-state index in [1.165, 1.54) is 83.5 Å².